The van der Waals surface area contributed by atoms with Gasteiger partial charge < -0.3 is 10.1 Å². The highest BCUT2D eigenvalue weighted by Crippen LogP contribution is 2.33. The van der Waals surface area contributed by atoms with E-state index in [4.69, 9.17) is 4.74 Å². The van der Waals surface area contributed by atoms with Crippen molar-refractivity contribution < 1.29 is 36.0 Å². The van der Waals surface area contributed by atoms with Gasteiger partial charge >= 0.3 is 6.18 Å². The van der Waals surface area contributed by atoms with Crippen molar-refractivity contribution in [2.75, 3.05) is 22.8 Å². The van der Waals surface area contributed by atoms with E-state index in [2.05, 4.69) is 5.32 Å². The lowest BCUT2D eigenvalue weighted by Crippen LogP contribution is -2.38. The normalized spacial score (nSPS) is 11.6. The minimum absolute atomic E-state index is 0.306. The number of nitrogens with zero attached hydrogens (tertiary/aromatic N) is 2. The van der Waals surface area contributed by atoms with Crippen molar-refractivity contribution in [1.29, 1.82) is 0 Å². The van der Waals surface area contributed by atoms with Gasteiger partial charge in [0.15, 0.2) is 0 Å². The fourth-order valence-corrected chi connectivity index (χ4v) is 4.56. The van der Waals surface area contributed by atoms with E-state index in [1.165, 1.54) is 12.1 Å². The second-order valence-corrected chi connectivity index (χ2v) is 9.18. The first-order valence-electron chi connectivity index (χ1n) is 10.4. The van der Waals surface area contributed by atoms with E-state index >= 15 is 0 Å². The predicted molar refractivity (Wildman–Crippen MR) is 125 cm³/mol. The van der Waals surface area contributed by atoms with Gasteiger partial charge in [0.1, 0.15) is 12.3 Å². The highest BCUT2D eigenvalue weighted by atomic mass is 32.2. The molecule has 3 rings (SSSR count). The van der Waals surface area contributed by atoms with Gasteiger partial charge in [-0.05, 0) is 61.5 Å². The van der Waals surface area contributed by atoms with Gasteiger partial charge in [-0.15, -0.1) is 0 Å². The summed E-state index contributed by atoms with van der Waals surface area (Å²) in [6, 6.07) is 13.5. The number of nitro groups is 1. The summed E-state index contributed by atoms with van der Waals surface area (Å²) in [5.41, 5.74) is -1.60. The van der Waals surface area contributed by atoms with E-state index in [1.807, 2.05) is 0 Å². The molecule has 3 aromatic carbocycles. The van der Waals surface area contributed by atoms with E-state index in [0.29, 0.717) is 28.4 Å². The van der Waals surface area contributed by atoms with Crippen LogP contribution in [0.25, 0.3) is 0 Å². The van der Waals surface area contributed by atoms with Crippen LogP contribution in [0.1, 0.15) is 12.5 Å². The van der Waals surface area contributed by atoms with Crippen molar-refractivity contribution in [1.82, 2.24) is 0 Å². The van der Waals surface area contributed by atoms with Gasteiger partial charge in [0.05, 0.1) is 27.7 Å². The maximum absolute atomic E-state index is 13.4. The standard InChI is InChI=1S/C23H20F3N3O6S/c1-2-35-20-10-6-17(7-11-20)27-22(30)15-28(19-5-3-4-16(14-19)23(24,25)26)36(33,34)21-12-8-18(9-13-21)29(31)32/h3-14H,2,15H2,1H3,(H,27,30). The van der Waals surface area contributed by atoms with Crippen LogP contribution in [-0.4, -0.2) is 32.4 Å². The Kier molecular flexibility index (Phi) is 7.83. The third-order valence-corrected chi connectivity index (χ3v) is 6.62. The maximum Gasteiger partial charge on any atom is 0.416 e. The van der Waals surface area contributed by atoms with Gasteiger partial charge in [-0.1, -0.05) is 6.07 Å². The molecule has 0 saturated carbocycles. The zero-order valence-corrected chi connectivity index (χ0v) is 19.5. The number of benzene rings is 3. The molecule has 0 radical (unpaired) electrons. The molecule has 190 valence electrons. The number of alkyl halides is 3. The third-order valence-electron chi connectivity index (χ3n) is 4.83. The summed E-state index contributed by atoms with van der Waals surface area (Å²) >= 11 is 0. The lowest BCUT2D eigenvalue weighted by molar-refractivity contribution is -0.384. The van der Waals surface area contributed by atoms with Crippen LogP contribution >= 0.6 is 0 Å². The van der Waals surface area contributed by atoms with Crippen molar-refractivity contribution in [2.24, 2.45) is 0 Å². The lowest BCUT2D eigenvalue weighted by Gasteiger charge is -2.25. The summed E-state index contributed by atoms with van der Waals surface area (Å²) in [4.78, 5) is 22.5. The minimum Gasteiger partial charge on any atom is -0.494 e. The van der Waals surface area contributed by atoms with E-state index in [1.54, 1.807) is 19.1 Å². The van der Waals surface area contributed by atoms with Crippen molar-refractivity contribution in [3.63, 3.8) is 0 Å². The van der Waals surface area contributed by atoms with Crippen LogP contribution in [0.3, 0.4) is 0 Å². The fourth-order valence-electron chi connectivity index (χ4n) is 3.15. The number of rotatable bonds is 9. The second kappa shape index (κ2) is 10.6. The Labute approximate surface area is 204 Å². The molecule has 1 amide bonds. The van der Waals surface area contributed by atoms with Crippen molar-refractivity contribution in [3.05, 3.63) is 88.5 Å². The van der Waals surface area contributed by atoms with Crippen LogP contribution in [0.15, 0.2) is 77.7 Å². The molecule has 1 N–H and O–H groups in total. The average Bonchev–Trinajstić information content (AvgIpc) is 2.83. The highest BCUT2D eigenvalue weighted by molar-refractivity contribution is 7.92. The van der Waals surface area contributed by atoms with Crippen molar-refractivity contribution in [3.8, 4) is 5.75 Å². The van der Waals surface area contributed by atoms with Gasteiger partial charge in [-0.3, -0.25) is 19.2 Å². The van der Waals surface area contributed by atoms with Crippen LogP contribution < -0.4 is 14.4 Å². The molecule has 0 aliphatic heterocycles. The van der Waals surface area contributed by atoms with E-state index < -0.39 is 49.7 Å². The number of hydrogen-bond donors (Lipinski definition) is 1. The van der Waals surface area contributed by atoms with E-state index in [9.17, 15) is 36.5 Å². The van der Waals surface area contributed by atoms with Crippen LogP contribution in [0.5, 0.6) is 5.75 Å². The van der Waals surface area contributed by atoms with Gasteiger partial charge in [0.2, 0.25) is 5.91 Å². The molecule has 0 aromatic heterocycles. The Morgan fingerprint density at radius 2 is 1.69 bits per heavy atom. The first kappa shape index (κ1) is 26.5. The highest BCUT2D eigenvalue weighted by Gasteiger charge is 2.33. The Balaban J connectivity index is 1.97. The number of amides is 1. The van der Waals surface area contributed by atoms with Gasteiger partial charge in [0.25, 0.3) is 15.7 Å². The van der Waals surface area contributed by atoms with Crippen molar-refractivity contribution in [2.45, 2.75) is 18.0 Å². The zero-order valence-electron chi connectivity index (χ0n) is 18.7. The summed E-state index contributed by atoms with van der Waals surface area (Å²) in [5, 5.41) is 13.4. The number of non-ortho nitro benzene ring substituents is 1. The van der Waals surface area contributed by atoms with E-state index in [0.717, 1.165) is 42.5 Å². The smallest absolute Gasteiger partial charge is 0.416 e. The fraction of sp³-hybridized carbons (Fsp3) is 0.174. The molecule has 0 bridgehead atoms. The van der Waals surface area contributed by atoms with Crippen LogP contribution in [0, 0.1) is 10.1 Å². The number of sulfonamides is 1. The Morgan fingerprint density at radius 3 is 2.25 bits per heavy atom. The monoisotopic (exact) mass is 523 g/mol. The minimum atomic E-state index is -4.76. The van der Waals surface area contributed by atoms with Gasteiger partial charge in [-0.25, -0.2) is 8.42 Å². The molecule has 0 heterocycles. The quantitative estimate of drug-likeness (QED) is 0.317. The summed E-state index contributed by atoms with van der Waals surface area (Å²) < 4.78 is 72.4. The predicted octanol–water partition coefficient (Wildman–Crippen LogP) is 4.85. The third kappa shape index (κ3) is 6.30. The number of hydrogen-bond acceptors (Lipinski definition) is 6. The summed E-state index contributed by atoms with van der Waals surface area (Å²) in [5.74, 6) is -0.288. The number of nitro benzene ring substituents is 1. The van der Waals surface area contributed by atoms with Crippen LogP contribution in [-0.2, 0) is 21.0 Å². The molecular weight excluding hydrogens is 503 g/mol. The topological polar surface area (TPSA) is 119 Å². The number of carbonyl (C=O) groups excluding carboxylic acids is 1. The van der Waals surface area contributed by atoms with Crippen molar-refractivity contribution >= 4 is 33.0 Å². The second-order valence-electron chi connectivity index (χ2n) is 7.32. The number of anilines is 2. The Hall–Kier alpha value is -4.13. The van der Waals surface area contributed by atoms with Gasteiger partial charge in [0, 0.05) is 17.8 Å². The summed E-state index contributed by atoms with van der Waals surface area (Å²) in [6.07, 6.45) is -4.76. The first-order chi connectivity index (χ1) is 16.9. The molecule has 13 heteroatoms. The summed E-state index contributed by atoms with van der Waals surface area (Å²) in [6.45, 7) is 1.36. The molecule has 0 unspecified atom stereocenters. The molecule has 0 aliphatic carbocycles. The molecule has 9 nitrogen and oxygen atoms in total. The molecular formula is C23H20F3N3O6S. The molecule has 3 aromatic rings. The number of ether oxygens (including phenoxy) is 1. The molecule has 36 heavy (non-hydrogen) atoms. The summed E-state index contributed by atoms with van der Waals surface area (Å²) in [7, 11) is -4.60. The maximum atomic E-state index is 13.4. The van der Waals surface area contributed by atoms with E-state index in [-0.39, 0.29) is 5.69 Å². The average molecular weight is 523 g/mol. The largest absolute Gasteiger partial charge is 0.494 e. The lowest BCUT2D eigenvalue weighted by atomic mass is 10.2. The zero-order chi connectivity index (χ0) is 26.5. The number of nitrogens with one attached hydrogen (secondary N) is 1. The van der Waals surface area contributed by atoms with Crippen LogP contribution in [0.2, 0.25) is 0 Å². The van der Waals surface area contributed by atoms with Crippen LogP contribution in [0.4, 0.5) is 30.2 Å². The molecule has 0 aliphatic rings. The Bertz CT molecular complexity index is 1340. The number of halogens is 3. The number of carbonyl (C=O) groups is 1. The Morgan fingerprint density at radius 1 is 1.06 bits per heavy atom. The first-order valence-corrected chi connectivity index (χ1v) is 11.8. The SMILES string of the molecule is CCOc1ccc(NC(=O)CN(c2cccc(C(F)(F)F)c2)S(=O)(=O)c2ccc([N+](=O)[O-])cc2)cc1. The molecule has 0 atom stereocenters. The van der Waals surface area contributed by atoms with Gasteiger partial charge in [-0.2, -0.15) is 13.2 Å². The molecule has 0 fully saturated rings. The molecule has 0 spiro atoms. The molecule has 0 saturated heterocycles.